The van der Waals surface area contributed by atoms with Gasteiger partial charge in [-0.15, -0.1) is 0 Å². The normalized spacial score (nSPS) is 12.2. The van der Waals surface area contributed by atoms with Gasteiger partial charge in [0.2, 0.25) is 0 Å². The molecule has 0 aliphatic carbocycles. The van der Waals surface area contributed by atoms with Crippen LogP contribution in [0.4, 0.5) is 0 Å². The Hall–Kier alpha value is -2.15. The van der Waals surface area contributed by atoms with Crippen molar-refractivity contribution in [3.05, 3.63) is 51.8 Å². The summed E-state index contributed by atoms with van der Waals surface area (Å²) in [6, 6.07) is 6.78. The molecule has 7 heteroatoms. The Bertz CT molecular complexity index is 755. The second-order valence-electron chi connectivity index (χ2n) is 5.86. The van der Waals surface area contributed by atoms with E-state index in [0.29, 0.717) is 5.56 Å². The summed E-state index contributed by atoms with van der Waals surface area (Å²) in [6.45, 7) is 5.79. The highest BCUT2D eigenvalue weighted by molar-refractivity contribution is 9.10. The van der Waals surface area contributed by atoms with Gasteiger partial charge in [-0.25, -0.2) is 0 Å². The van der Waals surface area contributed by atoms with Crippen molar-refractivity contribution in [1.29, 1.82) is 0 Å². The van der Waals surface area contributed by atoms with E-state index in [1.54, 1.807) is 16.8 Å². The molecule has 2 rings (SSSR count). The molecule has 0 radical (unpaired) electrons. The first-order valence-electron chi connectivity index (χ1n) is 7.61. The molecule has 0 saturated carbocycles. The molecule has 2 aromatic rings. The van der Waals surface area contributed by atoms with E-state index in [-0.39, 0.29) is 18.4 Å². The molecule has 0 aliphatic rings. The number of carbonyl (C=O) groups excluding carboxylic acids is 1. The first-order valence-corrected chi connectivity index (χ1v) is 8.41. The van der Waals surface area contributed by atoms with E-state index in [9.17, 15) is 9.59 Å². The summed E-state index contributed by atoms with van der Waals surface area (Å²) in [5.41, 5.74) is 1.94. The van der Waals surface area contributed by atoms with E-state index >= 15 is 0 Å². The maximum absolute atomic E-state index is 12.6. The van der Waals surface area contributed by atoms with Gasteiger partial charge >= 0.3 is 5.97 Å². The molecule has 6 nitrogen and oxygen atoms in total. The largest absolute Gasteiger partial charge is 0.481 e. The summed E-state index contributed by atoms with van der Waals surface area (Å²) < 4.78 is 2.59. The summed E-state index contributed by atoms with van der Waals surface area (Å²) >= 11 is 3.37. The van der Waals surface area contributed by atoms with Crippen molar-refractivity contribution in [2.75, 3.05) is 0 Å². The molecule has 24 heavy (non-hydrogen) atoms. The molecular formula is C17H20BrN3O3. The fraction of sp³-hybridized carbons (Fsp3) is 0.353. The molecule has 0 spiro atoms. The van der Waals surface area contributed by atoms with Gasteiger partial charge in [0, 0.05) is 16.2 Å². The minimum absolute atomic E-state index is 0.145. The van der Waals surface area contributed by atoms with Crippen LogP contribution >= 0.6 is 15.9 Å². The molecule has 2 N–H and O–H groups in total. The van der Waals surface area contributed by atoms with Gasteiger partial charge < -0.3 is 10.4 Å². The van der Waals surface area contributed by atoms with E-state index in [1.807, 2.05) is 32.9 Å². The van der Waals surface area contributed by atoms with Gasteiger partial charge in [0.25, 0.3) is 5.91 Å². The standard InChI is InChI=1S/C17H20BrN3O3/c1-10(2)21-11(3)14(9-19-21)17(24)20-15(8-16(22)23)12-5-4-6-13(18)7-12/h4-7,9-10,15H,8H2,1-3H3,(H,20,24)(H,22,23). The van der Waals surface area contributed by atoms with Crippen LogP contribution in [0.5, 0.6) is 0 Å². The summed E-state index contributed by atoms with van der Waals surface area (Å²) in [5.74, 6) is -1.31. The SMILES string of the molecule is Cc1c(C(=O)NC(CC(=O)O)c2cccc(Br)c2)cnn1C(C)C. The number of hydrogen-bond acceptors (Lipinski definition) is 3. The lowest BCUT2D eigenvalue weighted by molar-refractivity contribution is -0.137. The predicted octanol–water partition coefficient (Wildman–Crippen LogP) is 3.48. The number of nitrogens with one attached hydrogen (secondary N) is 1. The van der Waals surface area contributed by atoms with Crippen molar-refractivity contribution in [2.24, 2.45) is 0 Å². The molecule has 1 aromatic carbocycles. The average molecular weight is 394 g/mol. The van der Waals surface area contributed by atoms with Crippen molar-refractivity contribution in [3.8, 4) is 0 Å². The lowest BCUT2D eigenvalue weighted by atomic mass is 10.0. The Balaban J connectivity index is 2.26. The van der Waals surface area contributed by atoms with Gasteiger partial charge in [-0.2, -0.15) is 5.10 Å². The Labute approximate surface area is 149 Å². The second kappa shape index (κ2) is 7.61. The van der Waals surface area contributed by atoms with Crippen molar-refractivity contribution in [1.82, 2.24) is 15.1 Å². The first kappa shape index (κ1) is 18.2. The van der Waals surface area contributed by atoms with Gasteiger partial charge in [-0.1, -0.05) is 28.1 Å². The Morgan fingerprint density at radius 2 is 2.08 bits per heavy atom. The number of nitrogens with zero attached hydrogens (tertiary/aromatic N) is 2. The zero-order valence-corrected chi connectivity index (χ0v) is 15.4. The van der Waals surface area contributed by atoms with E-state index in [4.69, 9.17) is 5.11 Å². The Morgan fingerprint density at radius 3 is 2.62 bits per heavy atom. The minimum Gasteiger partial charge on any atom is -0.481 e. The van der Waals surface area contributed by atoms with Gasteiger partial charge in [0.1, 0.15) is 0 Å². The van der Waals surface area contributed by atoms with Gasteiger partial charge in [-0.3, -0.25) is 14.3 Å². The molecule has 1 aromatic heterocycles. The minimum atomic E-state index is -0.977. The molecule has 1 heterocycles. The zero-order chi connectivity index (χ0) is 17.9. The molecule has 128 valence electrons. The van der Waals surface area contributed by atoms with E-state index in [0.717, 1.165) is 15.7 Å². The highest BCUT2D eigenvalue weighted by atomic mass is 79.9. The summed E-state index contributed by atoms with van der Waals surface area (Å²) in [5, 5.41) is 16.2. The van der Waals surface area contributed by atoms with Crippen LogP contribution in [0.1, 0.15) is 54.0 Å². The molecule has 0 aliphatic heterocycles. The average Bonchev–Trinajstić information content (AvgIpc) is 2.88. The number of rotatable bonds is 6. The first-order chi connectivity index (χ1) is 11.3. The fourth-order valence-electron chi connectivity index (χ4n) is 2.55. The third-order valence-electron chi connectivity index (χ3n) is 3.71. The van der Waals surface area contributed by atoms with Crippen LogP contribution in [0.15, 0.2) is 34.9 Å². The van der Waals surface area contributed by atoms with Crippen molar-refractivity contribution in [2.45, 2.75) is 39.3 Å². The Kier molecular flexibility index (Phi) is 5.77. The number of carboxylic acids is 1. The maximum Gasteiger partial charge on any atom is 0.305 e. The van der Waals surface area contributed by atoms with Crippen molar-refractivity contribution >= 4 is 27.8 Å². The van der Waals surface area contributed by atoms with Crippen molar-refractivity contribution < 1.29 is 14.7 Å². The smallest absolute Gasteiger partial charge is 0.305 e. The third-order valence-corrected chi connectivity index (χ3v) is 4.21. The lowest BCUT2D eigenvalue weighted by Crippen LogP contribution is -2.30. The van der Waals surface area contributed by atoms with Crippen molar-refractivity contribution in [3.63, 3.8) is 0 Å². The second-order valence-corrected chi connectivity index (χ2v) is 6.78. The Morgan fingerprint density at radius 1 is 1.38 bits per heavy atom. The fourth-order valence-corrected chi connectivity index (χ4v) is 2.97. The van der Waals surface area contributed by atoms with Crippen LogP contribution < -0.4 is 5.32 Å². The van der Waals surface area contributed by atoms with Gasteiger partial charge in [0.15, 0.2) is 0 Å². The molecular weight excluding hydrogens is 374 g/mol. The van der Waals surface area contributed by atoms with Gasteiger partial charge in [-0.05, 0) is 38.5 Å². The van der Waals surface area contributed by atoms with Crippen LogP contribution in [0.3, 0.4) is 0 Å². The van der Waals surface area contributed by atoms with E-state index in [2.05, 4.69) is 26.3 Å². The highest BCUT2D eigenvalue weighted by Crippen LogP contribution is 2.22. The number of benzene rings is 1. The van der Waals surface area contributed by atoms with E-state index < -0.39 is 12.0 Å². The van der Waals surface area contributed by atoms with E-state index in [1.165, 1.54) is 6.20 Å². The van der Waals surface area contributed by atoms with Gasteiger partial charge in [0.05, 0.1) is 24.2 Å². The van der Waals surface area contributed by atoms with Crippen LogP contribution in [-0.4, -0.2) is 26.8 Å². The molecule has 0 fully saturated rings. The lowest BCUT2D eigenvalue weighted by Gasteiger charge is -2.18. The monoisotopic (exact) mass is 393 g/mol. The summed E-state index contributed by atoms with van der Waals surface area (Å²) in [4.78, 5) is 23.7. The van der Waals surface area contributed by atoms with Crippen LogP contribution in [0.2, 0.25) is 0 Å². The summed E-state index contributed by atoms with van der Waals surface area (Å²) in [7, 11) is 0. The predicted molar refractivity (Wildman–Crippen MR) is 94.0 cm³/mol. The number of halogens is 1. The molecule has 0 saturated heterocycles. The molecule has 1 amide bonds. The molecule has 1 atom stereocenters. The highest BCUT2D eigenvalue weighted by Gasteiger charge is 2.22. The molecule has 1 unspecified atom stereocenters. The maximum atomic E-state index is 12.6. The zero-order valence-electron chi connectivity index (χ0n) is 13.8. The number of aliphatic carboxylic acids is 1. The number of aromatic nitrogens is 2. The number of carbonyl (C=O) groups is 2. The number of amides is 1. The van der Waals surface area contributed by atoms with Crippen LogP contribution in [-0.2, 0) is 4.79 Å². The number of carboxylic acid groups (broad SMARTS) is 1. The van der Waals surface area contributed by atoms with Crippen LogP contribution in [0, 0.1) is 6.92 Å². The third kappa shape index (κ3) is 4.23. The summed E-state index contributed by atoms with van der Waals surface area (Å²) in [6.07, 6.45) is 1.32. The quantitative estimate of drug-likeness (QED) is 0.786. The van der Waals surface area contributed by atoms with Crippen LogP contribution in [0.25, 0.3) is 0 Å². The molecule has 0 bridgehead atoms. The number of hydrogen-bond donors (Lipinski definition) is 2. The topological polar surface area (TPSA) is 84.2 Å².